The second-order valence-electron chi connectivity index (χ2n) is 4.24. The topological polar surface area (TPSA) is 42.1 Å². The van der Waals surface area contributed by atoms with Gasteiger partial charge in [-0.25, -0.2) is 4.98 Å². The Balaban J connectivity index is 1.82. The van der Waals surface area contributed by atoms with Gasteiger partial charge in [-0.2, -0.15) is 0 Å². The first-order valence-corrected chi connectivity index (χ1v) is 6.50. The normalized spacial score (nSPS) is 19.6. The van der Waals surface area contributed by atoms with E-state index in [1.807, 2.05) is 13.1 Å². The van der Waals surface area contributed by atoms with E-state index in [4.69, 9.17) is 5.73 Å². The molecule has 3 nitrogen and oxygen atoms in total. The van der Waals surface area contributed by atoms with Gasteiger partial charge in [-0.05, 0) is 32.9 Å². The molecule has 0 radical (unpaired) electrons. The minimum absolute atomic E-state index is 0.128. The molecule has 1 fully saturated rings. The van der Waals surface area contributed by atoms with Crippen molar-refractivity contribution in [2.45, 2.75) is 32.2 Å². The Morgan fingerprint density at radius 2 is 2.27 bits per heavy atom. The molecule has 2 heterocycles. The summed E-state index contributed by atoms with van der Waals surface area (Å²) < 4.78 is 0. The molecule has 84 valence electrons. The highest BCUT2D eigenvalue weighted by atomic mass is 32.1. The minimum atomic E-state index is 0.128. The standard InChI is InChI=1S/C11H19N3S/c1-9(12)10-8-13-11(15-10)4-7-14-5-2-3-6-14/h8-9H,2-7,12H2,1H3. The summed E-state index contributed by atoms with van der Waals surface area (Å²) in [5, 5.41) is 1.23. The quantitative estimate of drug-likeness (QED) is 0.849. The second kappa shape index (κ2) is 5.05. The Labute approximate surface area is 95.3 Å². The summed E-state index contributed by atoms with van der Waals surface area (Å²) in [7, 11) is 0. The molecule has 1 aromatic rings. The van der Waals surface area contributed by atoms with Gasteiger partial charge in [-0.15, -0.1) is 11.3 Å². The predicted molar refractivity (Wildman–Crippen MR) is 64.1 cm³/mol. The van der Waals surface area contributed by atoms with Gasteiger partial charge in [0.1, 0.15) is 0 Å². The Morgan fingerprint density at radius 1 is 1.53 bits per heavy atom. The van der Waals surface area contributed by atoms with Gasteiger partial charge < -0.3 is 10.6 Å². The molecule has 1 unspecified atom stereocenters. The molecule has 1 atom stereocenters. The van der Waals surface area contributed by atoms with Gasteiger partial charge in [0.25, 0.3) is 0 Å². The Morgan fingerprint density at radius 3 is 2.87 bits per heavy atom. The van der Waals surface area contributed by atoms with Crippen LogP contribution in [0.15, 0.2) is 6.20 Å². The fraction of sp³-hybridized carbons (Fsp3) is 0.727. The lowest BCUT2D eigenvalue weighted by Crippen LogP contribution is -2.21. The highest BCUT2D eigenvalue weighted by Gasteiger charge is 2.12. The predicted octanol–water partition coefficient (Wildman–Crippen LogP) is 1.80. The van der Waals surface area contributed by atoms with Gasteiger partial charge >= 0.3 is 0 Å². The summed E-state index contributed by atoms with van der Waals surface area (Å²) in [6.45, 7) is 5.71. The molecule has 1 aromatic heterocycles. The molecule has 15 heavy (non-hydrogen) atoms. The van der Waals surface area contributed by atoms with Gasteiger partial charge in [-0.3, -0.25) is 0 Å². The van der Waals surface area contributed by atoms with E-state index in [2.05, 4.69) is 9.88 Å². The summed E-state index contributed by atoms with van der Waals surface area (Å²) in [6.07, 6.45) is 5.73. The summed E-state index contributed by atoms with van der Waals surface area (Å²) in [5.41, 5.74) is 5.81. The molecule has 0 bridgehead atoms. The first-order chi connectivity index (χ1) is 7.25. The van der Waals surface area contributed by atoms with E-state index in [9.17, 15) is 0 Å². The van der Waals surface area contributed by atoms with Crippen LogP contribution in [-0.4, -0.2) is 29.5 Å². The van der Waals surface area contributed by atoms with Crippen LogP contribution in [0.5, 0.6) is 0 Å². The zero-order valence-electron chi connectivity index (χ0n) is 9.28. The number of nitrogens with two attached hydrogens (primary N) is 1. The first kappa shape index (κ1) is 11.0. The van der Waals surface area contributed by atoms with E-state index >= 15 is 0 Å². The van der Waals surface area contributed by atoms with E-state index in [0.29, 0.717) is 0 Å². The minimum Gasteiger partial charge on any atom is -0.323 e. The third kappa shape index (κ3) is 3.00. The molecule has 0 spiro atoms. The van der Waals surface area contributed by atoms with E-state index in [1.54, 1.807) is 11.3 Å². The largest absolute Gasteiger partial charge is 0.323 e. The van der Waals surface area contributed by atoms with E-state index < -0.39 is 0 Å². The monoisotopic (exact) mass is 225 g/mol. The van der Waals surface area contributed by atoms with Crippen LogP contribution in [0.4, 0.5) is 0 Å². The SMILES string of the molecule is CC(N)c1cnc(CCN2CCCC2)s1. The number of likely N-dealkylation sites (tertiary alicyclic amines) is 1. The number of aromatic nitrogens is 1. The third-order valence-corrected chi connectivity index (χ3v) is 4.12. The van der Waals surface area contributed by atoms with Crippen molar-refractivity contribution < 1.29 is 0 Å². The van der Waals surface area contributed by atoms with Gasteiger partial charge in [-0.1, -0.05) is 0 Å². The maximum Gasteiger partial charge on any atom is 0.0941 e. The molecule has 0 saturated carbocycles. The van der Waals surface area contributed by atoms with Crippen molar-refractivity contribution in [3.63, 3.8) is 0 Å². The number of rotatable bonds is 4. The van der Waals surface area contributed by atoms with Gasteiger partial charge in [0, 0.05) is 30.1 Å². The molecular formula is C11H19N3S. The van der Waals surface area contributed by atoms with Crippen LogP contribution in [-0.2, 0) is 6.42 Å². The van der Waals surface area contributed by atoms with Crippen LogP contribution in [0.2, 0.25) is 0 Å². The first-order valence-electron chi connectivity index (χ1n) is 5.68. The maximum absolute atomic E-state index is 5.81. The highest BCUT2D eigenvalue weighted by molar-refractivity contribution is 7.11. The molecule has 0 aliphatic carbocycles. The average Bonchev–Trinajstić information content (AvgIpc) is 2.86. The van der Waals surface area contributed by atoms with Crippen molar-refractivity contribution in [1.29, 1.82) is 0 Å². The van der Waals surface area contributed by atoms with Crippen molar-refractivity contribution in [2.24, 2.45) is 5.73 Å². The molecule has 1 aliphatic rings. The third-order valence-electron chi connectivity index (χ3n) is 2.86. The van der Waals surface area contributed by atoms with Crippen LogP contribution in [0.25, 0.3) is 0 Å². The summed E-state index contributed by atoms with van der Waals surface area (Å²) in [6, 6.07) is 0.128. The van der Waals surface area contributed by atoms with E-state index in [-0.39, 0.29) is 6.04 Å². The number of nitrogens with zero attached hydrogens (tertiary/aromatic N) is 2. The van der Waals surface area contributed by atoms with Crippen LogP contribution in [0, 0.1) is 0 Å². The lowest BCUT2D eigenvalue weighted by atomic mass is 10.3. The lowest BCUT2D eigenvalue weighted by Gasteiger charge is -2.12. The van der Waals surface area contributed by atoms with Crippen molar-refractivity contribution in [1.82, 2.24) is 9.88 Å². The van der Waals surface area contributed by atoms with E-state index in [1.165, 1.54) is 35.8 Å². The molecule has 0 amide bonds. The average molecular weight is 225 g/mol. The van der Waals surface area contributed by atoms with Gasteiger partial charge in [0.15, 0.2) is 0 Å². The highest BCUT2D eigenvalue weighted by Crippen LogP contribution is 2.19. The van der Waals surface area contributed by atoms with Gasteiger partial charge in [0.05, 0.1) is 5.01 Å². The zero-order chi connectivity index (χ0) is 10.7. The van der Waals surface area contributed by atoms with Crippen LogP contribution in [0.1, 0.15) is 35.7 Å². The Hall–Kier alpha value is -0.450. The fourth-order valence-electron chi connectivity index (χ4n) is 1.91. The molecule has 1 aliphatic heterocycles. The zero-order valence-corrected chi connectivity index (χ0v) is 10.1. The van der Waals surface area contributed by atoms with E-state index in [0.717, 1.165) is 13.0 Å². The molecular weight excluding hydrogens is 206 g/mol. The van der Waals surface area contributed by atoms with Crippen molar-refractivity contribution in [3.8, 4) is 0 Å². The van der Waals surface area contributed by atoms with Crippen molar-refractivity contribution in [3.05, 3.63) is 16.1 Å². The summed E-state index contributed by atoms with van der Waals surface area (Å²) >= 11 is 1.76. The molecule has 2 N–H and O–H groups in total. The molecule has 4 heteroatoms. The van der Waals surface area contributed by atoms with Gasteiger partial charge in [0.2, 0.25) is 0 Å². The molecule has 1 saturated heterocycles. The Kier molecular flexibility index (Phi) is 3.72. The van der Waals surface area contributed by atoms with Crippen molar-refractivity contribution in [2.75, 3.05) is 19.6 Å². The van der Waals surface area contributed by atoms with Crippen molar-refractivity contribution >= 4 is 11.3 Å². The molecule has 2 rings (SSSR count). The summed E-state index contributed by atoms with van der Waals surface area (Å²) in [4.78, 5) is 8.13. The lowest BCUT2D eigenvalue weighted by molar-refractivity contribution is 0.343. The second-order valence-corrected chi connectivity index (χ2v) is 5.39. The fourth-order valence-corrected chi connectivity index (χ4v) is 2.77. The smallest absolute Gasteiger partial charge is 0.0941 e. The van der Waals surface area contributed by atoms with Crippen LogP contribution in [0.3, 0.4) is 0 Å². The van der Waals surface area contributed by atoms with Crippen LogP contribution < -0.4 is 5.73 Å². The number of thiazole rings is 1. The Bertz CT molecular complexity index is 303. The summed E-state index contributed by atoms with van der Waals surface area (Å²) in [5.74, 6) is 0. The number of hydrogen-bond acceptors (Lipinski definition) is 4. The van der Waals surface area contributed by atoms with Crippen LogP contribution >= 0.6 is 11.3 Å². The maximum atomic E-state index is 5.81. The molecule has 0 aromatic carbocycles. The number of hydrogen-bond donors (Lipinski definition) is 1.